The van der Waals surface area contributed by atoms with Crippen molar-refractivity contribution in [2.24, 2.45) is 0 Å². The van der Waals surface area contributed by atoms with Crippen LogP contribution in [0.3, 0.4) is 0 Å². The molecule has 3 aromatic carbocycles. The molecule has 2 heterocycles. The first-order chi connectivity index (χ1) is 17.2. The normalized spacial score (nSPS) is 12.3. The Labute approximate surface area is 209 Å². The molecule has 0 fully saturated rings. The number of rotatable bonds is 7. The van der Waals surface area contributed by atoms with E-state index in [2.05, 4.69) is 9.71 Å². The Morgan fingerprint density at radius 1 is 0.778 bits per heavy atom. The lowest BCUT2D eigenvalue weighted by atomic mass is 10.2. The Bertz CT molecular complexity index is 1800. The lowest BCUT2D eigenvalue weighted by molar-refractivity contribution is 0.596. The van der Waals surface area contributed by atoms with Gasteiger partial charge in [0.25, 0.3) is 10.0 Å². The number of hydrogen-bond donors (Lipinski definition) is 1. The lowest BCUT2D eigenvalue weighted by Gasteiger charge is -2.14. The third-order valence-corrected chi connectivity index (χ3v) is 9.01. The molecule has 0 aliphatic rings. The van der Waals surface area contributed by atoms with E-state index < -0.39 is 19.9 Å². The summed E-state index contributed by atoms with van der Waals surface area (Å²) in [4.78, 5) is 9.20. The molecule has 10 heteroatoms. The largest absolute Gasteiger partial charge is 0.309 e. The molecule has 36 heavy (non-hydrogen) atoms. The number of nitrogens with zero attached hydrogens (tertiary/aromatic N) is 3. The van der Waals surface area contributed by atoms with Crippen molar-refractivity contribution in [2.75, 3.05) is 4.72 Å². The summed E-state index contributed by atoms with van der Waals surface area (Å²) in [6.07, 6.45) is 0.613. The minimum absolute atomic E-state index is 0.0167. The standard InChI is InChI=1S/C26H24N4O4S2/c1-3-17-30-25-23(27-21-11-7-8-12-22(21)28-25)24(35(31,32)19-15-13-18(2)14-16-19)26(30)29-36(33,34)20-9-5-4-6-10-20/h4-16,29H,3,17H2,1-2H3. The number of aromatic nitrogens is 3. The van der Waals surface area contributed by atoms with E-state index in [1.165, 1.54) is 24.3 Å². The molecule has 0 amide bonds. The summed E-state index contributed by atoms with van der Waals surface area (Å²) in [5.74, 6) is -0.0772. The highest BCUT2D eigenvalue weighted by Gasteiger charge is 2.33. The van der Waals surface area contributed by atoms with Gasteiger partial charge in [-0.15, -0.1) is 0 Å². The zero-order valence-electron chi connectivity index (χ0n) is 19.7. The first-order valence-corrected chi connectivity index (χ1v) is 14.4. The minimum Gasteiger partial charge on any atom is -0.309 e. The van der Waals surface area contributed by atoms with Crippen LogP contribution < -0.4 is 4.72 Å². The topological polar surface area (TPSA) is 111 Å². The van der Waals surface area contributed by atoms with Crippen LogP contribution in [0.4, 0.5) is 5.82 Å². The van der Waals surface area contributed by atoms with Crippen LogP contribution in [0.1, 0.15) is 18.9 Å². The van der Waals surface area contributed by atoms with Gasteiger partial charge in [0.15, 0.2) is 5.65 Å². The van der Waals surface area contributed by atoms with E-state index in [4.69, 9.17) is 4.98 Å². The highest BCUT2D eigenvalue weighted by atomic mass is 32.2. The van der Waals surface area contributed by atoms with Gasteiger partial charge in [0.05, 0.1) is 20.8 Å². The summed E-state index contributed by atoms with van der Waals surface area (Å²) in [6.45, 7) is 4.12. The van der Waals surface area contributed by atoms with Crippen molar-refractivity contribution in [2.45, 2.75) is 41.5 Å². The molecule has 0 radical (unpaired) electrons. The summed E-state index contributed by atoms with van der Waals surface area (Å²) < 4.78 is 59.0. The van der Waals surface area contributed by atoms with Gasteiger partial charge in [0.1, 0.15) is 16.2 Å². The quantitative estimate of drug-likeness (QED) is 0.326. The molecule has 0 saturated heterocycles. The van der Waals surface area contributed by atoms with E-state index in [0.717, 1.165) is 5.56 Å². The SMILES string of the molecule is CCCn1c(NS(=O)(=O)c2ccccc2)c(S(=O)(=O)c2ccc(C)cc2)c2nc3ccccc3nc21. The highest BCUT2D eigenvalue weighted by Crippen LogP contribution is 2.38. The number of nitrogens with one attached hydrogen (secondary N) is 1. The zero-order chi connectivity index (χ0) is 25.5. The van der Waals surface area contributed by atoms with Crippen molar-refractivity contribution in [3.63, 3.8) is 0 Å². The summed E-state index contributed by atoms with van der Waals surface area (Å²) in [5.41, 5.74) is 2.41. The molecule has 0 aliphatic heterocycles. The number of para-hydroxylation sites is 2. The van der Waals surface area contributed by atoms with Gasteiger partial charge in [-0.3, -0.25) is 4.72 Å². The number of sulfone groups is 1. The second kappa shape index (κ2) is 9.03. The fourth-order valence-corrected chi connectivity index (χ4v) is 6.79. The lowest BCUT2D eigenvalue weighted by Crippen LogP contribution is -2.18. The number of anilines is 1. The summed E-state index contributed by atoms with van der Waals surface area (Å²) in [6, 6.07) is 21.4. The van der Waals surface area contributed by atoms with Gasteiger partial charge in [0.2, 0.25) is 9.84 Å². The molecular weight excluding hydrogens is 496 g/mol. The van der Waals surface area contributed by atoms with E-state index in [-0.39, 0.29) is 26.0 Å². The maximum absolute atomic E-state index is 14.0. The van der Waals surface area contributed by atoms with Crippen LogP contribution in [0.5, 0.6) is 0 Å². The van der Waals surface area contributed by atoms with Crippen molar-refractivity contribution < 1.29 is 16.8 Å². The van der Waals surface area contributed by atoms with Gasteiger partial charge in [-0.05, 0) is 49.7 Å². The van der Waals surface area contributed by atoms with Crippen LogP contribution in [0.2, 0.25) is 0 Å². The Hall–Kier alpha value is -3.76. The van der Waals surface area contributed by atoms with E-state index in [1.54, 1.807) is 53.1 Å². The summed E-state index contributed by atoms with van der Waals surface area (Å²) in [5, 5.41) is 0. The maximum atomic E-state index is 14.0. The molecule has 1 N–H and O–H groups in total. The Kier molecular flexibility index (Phi) is 6.01. The van der Waals surface area contributed by atoms with E-state index in [9.17, 15) is 16.8 Å². The molecule has 0 aliphatic carbocycles. The smallest absolute Gasteiger partial charge is 0.263 e. The monoisotopic (exact) mass is 520 g/mol. The van der Waals surface area contributed by atoms with Crippen molar-refractivity contribution in [3.8, 4) is 0 Å². The number of fused-ring (bicyclic) bond motifs is 2. The molecule has 2 aromatic heterocycles. The molecular formula is C26H24N4O4S2. The van der Waals surface area contributed by atoms with E-state index >= 15 is 0 Å². The zero-order valence-corrected chi connectivity index (χ0v) is 21.3. The maximum Gasteiger partial charge on any atom is 0.263 e. The third-order valence-electron chi connectivity index (χ3n) is 5.84. The van der Waals surface area contributed by atoms with Crippen LogP contribution in [-0.2, 0) is 26.4 Å². The minimum atomic E-state index is -4.18. The average Bonchev–Trinajstić information content (AvgIpc) is 3.15. The molecule has 0 atom stereocenters. The van der Waals surface area contributed by atoms with Gasteiger partial charge in [0, 0.05) is 6.54 Å². The van der Waals surface area contributed by atoms with Crippen LogP contribution in [0.15, 0.2) is 93.5 Å². The first-order valence-electron chi connectivity index (χ1n) is 11.4. The van der Waals surface area contributed by atoms with Crippen LogP contribution in [0.25, 0.3) is 22.2 Å². The highest BCUT2D eigenvalue weighted by molar-refractivity contribution is 7.93. The van der Waals surface area contributed by atoms with Gasteiger partial charge >= 0.3 is 0 Å². The predicted molar refractivity (Wildman–Crippen MR) is 139 cm³/mol. The van der Waals surface area contributed by atoms with Crippen molar-refractivity contribution in [1.29, 1.82) is 0 Å². The Morgan fingerprint density at radius 2 is 1.39 bits per heavy atom. The first kappa shape index (κ1) is 24.0. The average molecular weight is 521 g/mol. The Morgan fingerprint density at radius 3 is 2.03 bits per heavy atom. The number of benzene rings is 3. The summed E-state index contributed by atoms with van der Waals surface area (Å²) in [7, 11) is -8.30. The van der Waals surface area contributed by atoms with Gasteiger partial charge in [-0.1, -0.05) is 55.0 Å². The molecule has 5 rings (SSSR count). The second-order valence-corrected chi connectivity index (χ2v) is 12.0. The molecule has 0 spiro atoms. The molecule has 8 nitrogen and oxygen atoms in total. The Balaban J connectivity index is 1.87. The van der Waals surface area contributed by atoms with Crippen molar-refractivity contribution >= 4 is 47.9 Å². The number of aryl methyl sites for hydroxylation is 2. The molecule has 0 bridgehead atoms. The fraction of sp³-hybridized carbons (Fsp3) is 0.154. The summed E-state index contributed by atoms with van der Waals surface area (Å²) >= 11 is 0. The van der Waals surface area contributed by atoms with Crippen LogP contribution in [0, 0.1) is 6.92 Å². The molecule has 5 aromatic rings. The van der Waals surface area contributed by atoms with Gasteiger partial charge in [-0.2, -0.15) is 0 Å². The van der Waals surface area contributed by atoms with Crippen LogP contribution >= 0.6 is 0 Å². The predicted octanol–water partition coefficient (Wildman–Crippen LogP) is 4.94. The van der Waals surface area contributed by atoms with E-state index in [1.807, 2.05) is 19.9 Å². The molecule has 0 unspecified atom stereocenters. The van der Waals surface area contributed by atoms with Crippen molar-refractivity contribution in [3.05, 3.63) is 84.4 Å². The molecule has 0 saturated carbocycles. The number of hydrogen-bond acceptors (Lipinski definition) is 6. The van der Waals surface area contributed by atoms with E-state index in [0.29, 0.717) is 29.6 Å². The van der Waals surface area contributed by atoms with Gasteiger partial charge < -0.3 is 4.57 Å². The number of sulfonamides is 1. The van der Waals surface area contributed by atoms with Gasteiger partial charge in [-0.25, -0.2) is 26.8 Å². The second-order valence-electron chi connectivity index (χ2n) is 8.45. The molecule has 184 valence electrons. The van der Waals surface area contributed by atoms with Crippen molar-refractivity contribution in [1.82, 2.24) is 14.5 Å². The third kappa shape index (κ3) is 4.12. The fourth-order valence-electron chi connectivity index (χ4n) is 4.09. The van der Waals surface area contributed by atoms with Crippen LogP contribution in [-0.4, -0.2) is 31.4 Å².